The number of carbonyl (C=O) groups excluding carboxylic acids is 1. The first-order chi connectivity index (χ1) is 9.49. The van der Waals surface area contributed by atoms with Gasteiger partial charge in [0.25, 0.3) is 0 Å². The molecule has 0 bridgehead atoms. The number of primary amides is 2. The minimum atomic E-state index is -0.833. The number of hydrogen-bond donors (Lipinski definition) is 6. The van der Waals surface area contributed by atoms with Gasteiger partial charge in [-0.05, 0) is 35.4 Å². The Morgan fingerprint density at radius 3 is 1.10 bits per heavy atom. The number of hydrogen-bond acceptors (Lipinski definition) is 5. The molecular formula is C13H18N4O3. The first-order valence-corrected chi connectivity index (χ1v) is 5.45. The maximum Gasteiger partial charge on any atom is 0.309 e. The van der Waals surface area contributed by atoms with Gasteiger partial charge >= 0.3 is 6.03 Å². The highest BCUT2D eigenvalue weighted by molar-refractivity contribution is 5.69. The molecule has 0 aliphatic carbocycles. The van der Waals surface area contributed by atoms with Crippen molar-refractivity contribution in [2.75, 3.05) is 11.5 Å². The van der Waals surface area contributed by atoms with Crippen molar-refractivity contribution in [2.45, 2.75) is 0 Å². The molecule has 7 nitrogen and oxygen atoms in total. The quantitative estimate of drug-likeness (QED) is 0.264. The summed E-state index contributed by atoms with van der Waals surface area (Å²) in [5, 5.41) is 12.0. The largest absolute Gasteiger partial charge is 0.399 e. The van der Waals surface area contributed by atoms with Crippen molar-refractivity contribution < 1.29 is 15.3 Å². The van der Waals surface area contributed by atoms with Crippen LogP contribution in [0.5, 0.6) is 0 Å². The number of anilines is 2. The van der Waals surface area contributed by atoms with Gasteiger partial charge in [0.05, 0.1) is 0 Å². The number of urea groups is 1. The normalized spacial score (nSPS) is 8.50. The molecule has 0 fully saturated rings. The van der Waals surface area contributed by atoms with Gasteiger partial charge in [0.15, 0.2) is 0 Å². The molecule has 0 aromatic heterocycles. The Bertz CT molecular complexity index is 465. The van der Waals surface area contributed by atoms with E-state index >= 15 is 0 Å². The lowest BCUT2D eigenvalue weighted by Crippen LogP contribution is -2.18. The molecule has 0 saturated carbocycles. The zero-order valence-electron chi connectivity index (χ0n) is 10.7. The van der Waals surface area contributed by atoms with Crippen molar-refractivity contribution in [2.24, 2.45) is 11.5 Å². The molecular weight excluding hydrogens is 260 g/mol. The van der Waals surface area contributed by atoms with Gasteiger partial charge in [-0.25, -0.2) is 4.79 Å². The second-order valence-electron chi connectivity index (χ2n) is 3.65. The van der Waals surface area contributed by atoms with Crippen molar-refractivity contribution in [1.29, 1.82) is 0 Å². The van der Waals surface area contributed by atoms with Gasteiger partial charge in [0.1, 0.15) is 0 Å². The molecule has 108 valence electrons. The van der Waals surface area contributed by atoms with Crippen LogP contribution >= 0.6 is 0 Å². The smallest absolute Gasteiger partial charge is 0.309 e. The van der Waals surface area contributed by atoms with E-state index in [-0.39, 0.29) is 0 Å². The van der Waals surface area contributed by atoms with Gasteiger partial charge in [-0.15, -0.1) is 0 Å². The average molecular weight is 278 g/mol. The van der Waals surface area contributed by atoms with Gasteiger partial charge in [0.2, 0.25) is 0 Å². The van der Waals surface area contributed by atoms with Crippen LogP contribution in [0.25, 0.3) is 11.1 Å². The van der Waals surface area contributed by atoms with Crippen molar-refractivity contribution in [3.05, 3.63) is 48.5 Å². The highest BCUT2D eigenvalue weighted by Crippen LogP contribution is 2.21. The minimum absolute atomic E-state index is 0.782. The molecule has 2 amide bonds. The molecule has 2 rings (SSSR count). The molecule has 0 heterocycles. The highest BCUT2D eigenvalue weighted by Gasteiger charge is 1.95. The van der Waals surface area contributed by atoms with Crippen LogP contribution in [0.4, 0.5) is 16.2 Å². The Morgan fingerprint density at radius 1 is 0.700 bits per heavy atom. The Morgan fingerprint density at radius 2 is 0.900 bits per heavy atom. The first-order valence-electron chi connectivity index (χ1n) is 5.45. The third kappa shape index (κ3) is 6.84. The van der Waals surface area contributed by atoms with Crippen LogP contribution in [0, 0.1) is 0 Å². The SMILES string of the molecule is NC(N)=O.Nc1ccc(-c2ccc(N)cc2)cc1.OO. The second kappa shape index (κ2) is 9.20. The van der Waals surface area contributed by atoms with Gasteiger partial charge < -0.3 is 22.9 Å². The van der Waals surface area contributed by atoms with E-state index in [0.717, 1.165) is 22.5 Å². The predicted molar refractivity (Wildman–Crippen MR) is 79.7 cm³/mol. The number of amides is 2. The van der Waals surface area contributed by atoms with E-state index in [1.54, 1.807) is 0 Å². The Balaban J connectivity index is 0.000000521. The second-order valence-corrected chi connectivity index (χ2v) is 3.65. The molecule has 0 saturated heterocycles. The number of carbonyl (C=O) groups is 1. The summed E-state index contributed by atoms with van der Waals surface area (Å²) in [6.45, 7) is 0. The molecule has 20 heavy (non-hydrogen) atoms. The molecule has 0 spiro atoms. The van der Waals surface area contributed by atoms with E-state index in [2.05, 4.69) is 11.5 Å². The fourth-order valence-electron chi connectivity index (χ4n) is 1.35. The Labute approximate surface area is 116 Å². The third-order valence-electron chi connectivity index (χ3n) is 2.15. The van der Waals surface area contributed by atoms with Crippen LogP contribution < -0.4 is 22.9 Å². The van der Waals surface area contributed by atoms with Crippen LogP contribution in [-0.2, 0) is 0 Å². The summed E-state index contributed by atoms with van der Waals surface area (Å²) in [7, 11) is 0. The lowest BCUT2D eigenvalue weighted by atomic mass is 10.1. The topological polar surface area (TPSA) is 162 Å². The Hall–Kier alpha value is -2.77. The number of nitrogen functional groups attached to an aromatic ring is 2. The summed E-state index contributed by atoms with van der Waals surface area (Å²) in [6.07, 6.45) is 0. The van der Waals surface area contributed by atoms with Crippen LogP contribution in [0.3, 0.4) is 0 Å². The van der Waals surface area contributed by atoms with Crippen molar-refractivity contribution in [1.82, 2.24) is 0 Å². The lowest BCUT2D eigenvalue weighted by Gasteiger charge is -2.02. The molecule has 2 aromatic rings. The summed E-state index contributed by atoms with van der Waals surface area (Å²) < 4.78 is 0. The van der Waals surface area contributed by atoms with Gasteiger partial charge in [-0.1, -0.05) is 24.3 Å². The molecule has 10 N–H and O–H groups in total. The predicted octanol–water partition coefficient (Wildman–Crippen LogP) is 1.56. The lowest BCUT2D eigenvalue weighted by molar-refractivity contribution is -0.176. The van der Waals surface area contributed by atoms with Crippen molar-refractivity contribution in [3.63, 3.8) is 0 Å². The minimum Gasteiger partial charge on any atom is -0.399 e. The molecule has 0 aliphatic rings. The summed E-state index contributed by atoms with van der Waals surface area (Å²) in [5.74, 6) is 0. The zero-order chi connectivity index (χ0) is 15.5. The molecule has 7 heteroatoms. The Kier molecular flexibility index (Phi) is 7.92. The molecule has 0 atom stereocenters. The summed E-state index contributed by atoms with van der Waals surface area (Å²) in [5.41, 5.74) is 23.6. The van der Waals surface area contributed by atoms with Crippen LogP contribution in [-0.4, -0.2) is 16.5 Å². The van der Waals surface area contributed by atoms with Crippen molar-refractivity contribution >= 4 is 17.4 Å². The van der Waals surface area contributed by atoms with Crippen LogP contribution in [0.2, 0.25) is 0 Å². The molecule has 0 radical (unpaired) electrons. The first kappa shape index (κ1) is 17.2. The molecule has 0 unspecified atom stereocenters. The van der Waals surface area contributed by atoms with Crippen LogP contribution in [0.1, 0.15) is 0 Å². The fraction of sp³-hybridized carbons (Fsp3) is 0. The number of benzene rings is 2. The average Bonchev–Trinajstić information content (AvgIpc) is 2.42. The number of nitrogens with two attached hydrogens (primary N) is 4. The standard InChI is InChI=1S/C12H12N2.CH4N2O.H2O2/c13-11-5-1-9(2-6-11)10-3-7-12(14)8-4-10;2-1(3)4;1-2/h1-8H,13-14H2;(H4,2,3,4);1-2H. The van der Waals surface area contributed by atoms with Gasteiger partial charge in [-0.3, -0.25) is 10.5 Å². The maximum atomic E-state index is 9.00. The van der Waals surface area contributed by atoms with Crippen LogP contribution in [0.15, 0.2) is 48.5 Å². The van der Waals surface area contributed by atoms with Gasteiger partial charge in [0, 0.05) is 11.4 Å². The molecule has 0 aliphatic heterocycles. The van der Waals surface area contributed by atoms with Gasteiger partial charge in [-0.2, -0.15) is 0 Å². The summed E-state index contributed by atoms with van der Waals surface area (Å²) in [6, 6.07) is 14.7. The molecule has 2 aromatic carbocycles. The van der Waals surface area contributed by atoms with E-state index in [0.29, 0.717) is 0 Å². The third-order valence-corrected chi connectivity index (χ3v) is 2.15. The number of rotatable bonds is 1. The summed E-state index contributed by atoms with van der Waals surface area (Å²) >= 11 is 0. The maximum absolute atomic E-state index is 9.00. The fourth-order valence-corrected chi connectivity index (χ4v) is 1.35. The zero-order valence-corrected chi connectivity index (χ0v) is 10.7. The van der Waals surface area contributed by atoms with E-state index < -0.39 is 6.03 Å². The summed E-state index contributed by atoms with van der Waals surface area (Å²) in [4.78, 5) is 9.00. The van der Waals surface area contributed by atoms with E-state index in [1.165, 1.54) is 0 Å². The van der Waals surface area contributed by atoms with E-state index in [1.807, 2.05) is 48.5 Å². The van der Waals surface area contributed by atoms with Crippen molar-refractivity contribution in [3.8, 4) is 11.1 Å². The van der Waals surface area contributed by atoms with E-state index in [4.69, 9.17) is 26.8 Å². The monoisotopic (exact) mass is 278 g/mol. The van der Waals surface area contributed by atoms with E-state index in [9.17, 15) is 0 Å². The highest BCUT2D eigenvalue weighted by atomic mass is 17.0.